The number of thioether (sulfide) groups is 1. The fourth-order valence-electron chi connectivity index (χ4n) is 3.61. The molecule has 0 saturated heterocycles. The Balaban J connectivity index is 1.58. The van der Waals surface area contributed by atoms with Crippen molar-refractivity contribution >= 4 is 35.1 Å². The molecule has 0 fully saturated rings. The second-order valence-electron chi connectivity index (χ2n) is 7.77. The number of methoxy groups -OCH3 is 2. The molecule has 1 unspecified atom stereocenters. The van der Waals surface area contributed by atoms with E-state index in [2.05, 4.69) is 20.6 Å². The molecule has 34 heavy (non-hydrogen) atoms. The molecule has 1 atom stereocenters. The lowest BCUT2D eigenvalue weighted by molar-refractivity contribution is -0.123. The number of rotatable bonds is 7. The Labute approximate surface area is 200 Å². The van der Waals surface area contributed by atoms with Crippen LogP contribution in [0.3, 0.4) is 0 Å². The fourth-order valence-corrected chi connectivity index (χ4v) is 4.43. The van der Waals surface area contributed by atoms with Crippen molar-refractivity contribution in [1.29, 1.82) is 0 Å². The highest BCUT2D eigenvalue weighted by molar-refractivity contribution is 7.98. The number of ether oxygens (including phenoxy) is 2. The van der Waals surface area contributed by atoms with E-state index in [9.17, 15) is 14.4 Å². The number of anilines is 2. The van der Waals surface area contributed by atoms with Crippen LogP contribution in [-0.2, 0) is 15.3 Å². The molecular formula is C24H24N4O5S. The lowest BCUT2D eigenvalue weighted by Crippen LogP contribution is -2.36. The van der Waals surface area contributed by atoms with E-state index in [4.69, 9.17) is 9.47 Å². The highest BCUT2D eigenvalue weighted by Gasteiger charge is 2.35. The third-order valence-corrected chi connectivity index (χ3v) is 6.35. The predicted molar refractivity (Wildman–Crippen MR) is 130 cm³/mol. The number of benzene rings is 2. The number of fused-ring (bicyclic) bond motifs is 1. The maximum atomic E-state index is 13.1. The van der Waals surface area contributed by atoms with Gasteiger partial charge in [0.25, 0.3) is 5.56 Å². The van der Waals surface area contributed by atoms with Crippen LogP contribution in [0.4, 0.5) is 11.5 Å². The van der Waals surface area contributed by atoms with E-state index in [-0.39, 0.29) is 17.8 Å². The number of carbonyl (C=O) groups excluding carboxylic acids is 2. The van der Waals surface area contributed by atoms with Gasteiger partial charge in [0.05, 0.1) is 31.4 Å². The van der Waals surface area contributed by atoms with Crippen molar-refractivity contribution in [2.45, 2.75) is 30.2 Å². The molecule has 2 amide bonds. The average molecular weight is 481 g/mol. The smallest absolute Gasteiger partial charge is 0.257 e. The van der Waals surface area contributed by atoms with Crippen molar-refractivity contribution in [1.82, 2.24) is 9.97 Å². The zero-order chi connectivity index (χ0) is 24.2. The number of aryl methyl sites for hydroxylation is 1. The standard InChI is InChI=1S/C24H24N4O5S/c1-13-4-6-14(7-5-13)12-34-24-27-21-20(23(31)28-24)16(11-19(29)26-21)22(30)25-17-10-15(32-2)8-9-18(17)33-3/h4-10,16H,11-12H2,1-3H3,(H,25,30)(H2,26,27,28,29,31). The monoisotopic (exact) mass is 480 g/mol. The molecule has 0 saturated carbocycles. The Bertz CT molecular complexity index is 1290. The van der Waals surface area contributed by atoms with E-state index in [1.165, 1.54) is 26.0 Å². The first-order valence-corrected chi connectivity index (χ1v) is 11.5. The van der Waals surface area contributed by atoms with Crippen LogP contribution in [0.25, 0.3) is 0 Å². The molecule has 0 spiro atoms. The van der Waals surface area contributed by atoms with Crippen LogP contribution in [0, 0.1) is 6.92 Å². The summed E-state index contributed by atoms with van der Waals surface area (Å²) >= 11 is 1.34. The normalized spacial score (nSPS) is 14.7. The number of H-pyrrole nitrogens is 1. The molecule has 2 heterocycles. The second kappa shape index (κ2) is 10.0. The largest absolute Gasteiger partial charge is 0.497 e. The van der Waals surface area contributed by atoms with Crippen LogP contribution in [0.2, 0.25) is 0 Å². The topological polar surface area (TPSA) is 122 Å². The van der Waals surface area contributed by atoms with Crippen molar-refractivity contribution in [2.24, 2.45) is 0 Å². The van der Waals surface area contributed by atoms with Gasteiger partial charge in [0.1, 0.15) is 17.3 Å². The zero-order valence-electron chi connectivity index (χ0n) is 18.9. The van der Waals surface area contributed by atoms with Crippen LogP contribution in [-0.4, -0.2) is 36.0 Å². The summed E-state index contributed by atoms with van der Waals surface area (Å²) in [4.78, 5) is 45.6. The number of amides is 2. The minimum absolute atomic E-state index is 0.101. The van der Waals surface area contributed by atoms with Gasteiger partial charge in [0.15, 0.2) is 5.16 Å². The molecule has 0 aliphatic carbocycles. The van der Waals surface area contributed by atoms with Gasteiger partial charge in [-0.1, -0.05) is 41.6 Å². The van der Waals surface area contributed by atoms with Crippen LogP contribution in [0.5, 0.6) is 11.5 Å². The number of aromatic nitrogens is 2. The van der Waals surface area contributed by atoms with E-state index in [1.807, 2.05) is 31.2 Å². The minimum atomic E-state index is -1.01. The summed E-state index contributed by atoms with van der Waals surface area (Å²) in [6.45, 7) is 2.01. The van der Waals surface area contributed by atoms with Gasteiger partial charge in [0, 0.05) is 18.2 Å². The first-order chi connectivity index (χ1) is 16.4. The summed E-state index contributed by atoms with van der Waals surface area (Å²) in [6.07, 6.45) is -0.175. The summed E-state index contributed by atoms with van der Waals surface area (Å²) in [5.41, 5.74) is 2.26. The third kappa shape index (κ3) is 5.07. The fraction of sp³-hybridized carbons (Fsp3) is 0.250. The van der Waals surface area contributed by atoms with Crippen LogP contribution >= 0.6 is 11.8 Å². The highest BCUT2D eigenvalue weighted by atomic mass is 32.2. The third-order valence-electron chi connectivity index (χ3n) is 5.41. The maximum absolute atomic E-state index is 13.1. The molecule has 10 heteroatoms. The number of hydrogen-bond donors (Lipinski definition) is 3. The molecule has 176 valence electrons. The number of nitrogens with zero attached hydrogens (tertiary/aromatic N) is 1. The quantitative estimate of drug-likeness (QED) is 0.350. The van der Waals surface area contributed by atoms with Crippen LogP contribution in [0.15, 0.2) is 52.4 Å². The maximum Gasteiger partial charge on any atom is 0.257 e. The van der Waals surface area contributed by atoms with Crippen molar-refractivity contribution < 1.29 is 19.1 Å². The van der Waals surface area contributed by atoms with Gasteiger partial charge in [-0.15, -0.1) is 0 Å². The van der Waals surface area contributed by atoms with E-state index >= 15 is 0 Å². The SMILES string of the molecule is COc1ccc(OC)c(NC(=O)C2CC(=O)Nc3nc(SCc4ccc(C)cc4)[nH]c(=O)c32)c1. The van der Waals surface area contributed by atoms with Gasteiger partial charge in [-0.3, -0.25) is 14.4 Å². The Hall–Kier alpha value is -3.79. The van der Waals surface area contributed by atoms with Gasteiger partial charge in [-0.05, 0) is 24.6 Å². The number of aromatic amines is 1. The van der Waals surface area contributed by atoms with Gasteiger partial charge < -0.3 is 25.1 Å². The highest BCUT2D eigenvalue weighted by Crippen LogP contribution is 2.33. The van der Waals surface area contributed by atoms with E-state index < -0.39 is 23.3 Å². The van der Waals surface area contributed by atoms with Gasteiger partial charge >= 0.3 is 0 Å². The molecule has 3 N–H and O–H groups in total. The summed E-state index contributed by atoms with van der Waals surface area (Å²) in [6, 6.07) is 13.0. The first kappa shape index (κ1) is 23.4. The molecule has 2 aromatic carbocycles. The van der Waals surface area contributed by atoms with Crippen LogP contribution < -0.4 is 25.7 Å². The van der Waals surface area contributed by atoms with Crippen molar-refractivity contribution in [3.8, 4) is 11.5 Å². The van der Waals surface area contributed by atoms with E-state index in [0.717, 1.165) is 11.1 Å². The van der Waals surface area contributed by atoms with Crippen molar-refractivity contribution in [3.05, 3.63) is 69.5 Å². The van der Waals surface area contributed by atoms with Gasteiger partial charge in [-0.2, -0.15) is 0 Å². The Morgan fingerprint density at radius 2 is 1.91 bits per heavy atom. The second-order valence-corrected chi connectivity index (χ2v) is 8.73. The van der Waals surface area contributed by atoms with Gasteiger partial charge in [-0.25, -0.2) is 4.98 Å². The summed E-state index contributed by atoms with van der Waals surface area (Å²) in [5, 5.41) is 5.74. The van der Waals surface area contributed by atoms with Crippen LogP contribution in [0.1, 0.15) is 29.0 Å². The molecular weight excluding hydrogens is 456 g/mol. The Morgan fingerprint density at radius 3 is 2.62 bits per heavy atom. The molecule has 0 bridgehead atoms. The first-order valence-electron chi connectivity index (χ1n) is 10.5. The number of nitrogens with one attached hydrogen (secondary N) is 3. The minimum Gasteiger partial charge on any atom is -0.497 e. The predicted octanol–water partition coefficient (Wildman–Crippen LogP) is 3.45. The Kier molecular flexibility index (Phi) is 6.87. The number of carbonyl (C=O) groups is 2. The molecule has 1 aliphatic rings. The molecule has 1 aromatic heterocycles. The summed E-state index contributed by atoms with van der Waals surface area (Å²) < 4.78 is 10.5. The molecule has 0 radical (unpaired) electrons. The number of hydrogen-bond acceptors (Lipinski definition) is 7. The van der Waals surface area contributed by atoms with Gasteiger partial charge in [0.2, 0.25) is 11.8 Å². The molecule has 3 aromatic rings. The molecule has 1 aliphatic heterocycles. The lowest BCUT2D eigenvalue weighted by atomic mass is 9.92. The molecule has 9 nitrogen and oxygen atoms in total. The average Bonchev–Trinajstić information content (AvgIpc) is 2.82. The van der Waals surface area contributed by atoms with Crippen molar-refractivity contribution in [3.63, 3.8) is 0 Å². The Morgan fingerprint density at radius 1 is 1.15 bits per heavy atom. The lowest BCUT2D eigenvalue weighted by Gasteiger charge is -2.24. The summed E-state index contributed by atoms with van der Waals surface area (Å²) in [5.74, 6) is -0.281. The summed E-state index contributed by atoms with van der Waals surface area (Å²) in [7, 11) is 2.99. The van der Waals surface area contributed by atoms with Crippen molar-refractivity contribution in [2.75, 3.05) is 24.9 Å². The molecule has 4 rings (SSSR count). The zero-order valence-corrected chi connectivity index (χ0v) is 19.7. The van der Waals surface area contributed by atoms with E-state index in [0.29, 0.717) is 28.1 Å². The van der Waals surface area contributed by atoms with E-state index in [1.54, 1.807) is 18.2 Å².